The molecule has 1 saturated heterocycles. The van der Waals surface area contributed by atoms with E-state index in [1.165, 1.54) is 0 Å². The van der Waals surface area contributed by atoms with Crippen LogP contribution in [0.3, 0.4) is 0 Å². The molecule has 0 saturated carbocycles. The van der Waals surface area contributed by atoms with E-state index in [0.717, 1.165) is 13.0 Å². The van der Waals surface area contributed by atoms with E-state index in [9.17, 15) is 0 Å². The van der Waals surface area contributed by atoms with Gasteiger partial charge in [0.2, 0.25) is 11.8 Å². The zero-order chi connectivity index (χ0) is 9.26. The van der Waals surface area contributed by atoms with Crippen molar-refractivity contribution in [1.82, 2.24) is 10.2 Å². The van der Waals surface area contributed by atoms with Gasteiger partial charge in [-0.3, -0.25) is 0 Å². The normalized spacial score (nSPS) is 28.2. The largest absolute Gasteiger partial charge is 0.423 e. The lowest BCUT2D eigenvalue weighted by atomic mass is 10.0. The molecule has 0 aromatic carbocycles. The number of hydrogen-bond acceptors (Lipinski definition) is 5. The van der Waals surface area contributed by atoms with Crippen molar-refractivity contribution in [2.24, 2.45) is 11.7 Å². The second-order valence-corrected chi connectivity index (χ2v) is 3.24. The maximum absolute atomic E-state index is 5.60. The molecule has 13 heavy (non-hydrogen) atoms. The predicted molar refractivity (Wildman–Crippen MR) is 44.9 cm³/mol. The third-order valence-electron chi connectivity index (χ3n) is 2.30. The number of aromatic nitrogens is 2. The van der Waals surface area contributed by atoms with Crippen molar-refractivity contribution in [3.05, 3.63) is 11.8 Å². The Hall–Kier alpha value is -0.940. The summed E-state index contributed by atoms with van der Waals surface area (Å²) in [6, 6.07) is 0. The maximum atomic E-state index is 5.60. The van der Waals surface area contributed by atoms with Gasteiger partial charge in [0, 0.05) is 19.4 Å². The molecule has 2 heterocycles. The summed E-state index contributed by atoms with van der Waals surface area (Å²) in [4.78, 5) is 0. The van der Waals surface area contributed by atoms with Crippen molar-refractivity contribution in [1.29, 1.82) is 0 Å². The Morgan fingerprint density at radius 2 is 2.38 bits per heavy atom. The van der Waals surface area contributed by atoms with Crippen molar-refractivity contribution in [2.75, 3.05) is 13.2 Å². The van der Waals surface area contributed by atoms with Crippen LogP contribution >= 0.6 is 0 Å². The smallest absolute Gasteiger partial charge is 0.245 e. The van der Waals surface area contributed by atoms with Gasteiger partial charge in [-0.15, -0.1) is 10.2 Å². The first kappa shape index (κ1) is 8.65. The fraction of sp³-hybridized carbons (Fsp3) is 0.750. The van der Waals surface area contributed by atoms with Crippen LogP contribution < -0.4 is 5.73 Å². The van der Waals surface area contributed by atoms with Crippen molar-refractivity contribution in [2.45, 2.75) is 19.4 Å². The van der Waals surface area contributed by atoms with E-state index in [4.69, 9.17) is 14.9 Å². The summed E-state index contributed by atoms with van der Waals surface area (Å²) in [6.07, 6.45) is 0.883. The number of hydrogen-bond donors (Lipinski definition) is 1. The molecule has 0 amide bonds. The van der Waals surface area contributed by atoms with Crippen molar-refractivity contribution >= 4 is 0 Å². The second-order valence-electron chi connectivity index (χ2n) is 3.24. The third kappa shape index (κ3) is 1.57. The molecule has 72 valence electrons. The highest BCUT2D eigenvalue weighted by molar-refractivity contribution is 4.92. The van der Waals surface area contributed by atoms with E-state index >= 15 is 0 Å². The Bertz CT molecular complexity index is 287. The zero-order valence-corrected chi connectivity index (χ0v) is 7.56. The lowest BCUT2D eigenvalue weighted by molar-refractivity contribution is 0.0688. The van der Waals surface area contributed by atoms with E-state index in [1.807, 2.05) is 0 Å². The van der Waals surface area contributed by atoms with E-state index in [1.54, 1.807) is 6.92 Å². The molecule has 1 aromatic heterocycles. The van der Waals surface area contributed by atoms with Gasteiger partial charge in [-0.25, -0.2) is 0 Å². The van der Waals surface area contributed by atoms with Gasteiger partial charge in [-0.05, 0) is 13.0 Å². The minimum absolute atomic E-state index is 0.0915. The topological polar surface area (TPSA) is 74.2 Å². The first-order valence-corrected chi connectivity index (χ1v) is 4.43. The van der Waals surface area contributed by atoms with Crippen LogP contribution in [0, 0.1) is 12.8 Å². The van der Waals surface area contributed by atoms with E-state index in [-0.39, 0.29) is 6.10 Å². The van der Waals surface area contributed by atoms with Crippen molar-refractivity contribution < 1.29 is 9.15 Å². The molecule has 2 rings (SSSR count). The minimum atomic E-state index is -0.0915. The van der Waals surface area contributed by atoms with Gasteiger partial charge < -0.3 is 14.9 Å². The lowest BCUT2D eigenvalue weighted by Crippen LogP contribution is -2.18. The van der Waals surface area contributed by atoms with Crippen LogP contribution in [0.25, 0.3) is 0 Å². The Kier molecular flexibility index (Phi) is 2.28. The SMILES string of the molecule is Cc1nnc(C2OCCC2CN)o1. The minimum Gasteiger partial charge on any atom is -0.423 e. The molecule has 1 aliphatic rings. The van der Waals surface area contributed by atoms with Crippen LogP contribution in [0.4, 0.5) is 0 Å². The van der Waals surface area contributed by atoms with Crippen LogP contribution in [0.2, 0.25) is 0 Å². The Morgan fingerprint density at radius 1 is 1.54 bits per heavy atom. The Morgan fingerprint density at radius 3 is 3.00 bits per heavy atom. The first-order valence-electron chi connectivity index (χ1n) is 4.43. The number of nitrogens with two attached hydrogens (primary N) is 1. The highest BCUT2D eigenvalue weighted by atomic mass is 16.5. The Labute approximate surface area is 76.3 Å². The Balaban J connectivity index is 2.15. The van der Waals surface area contributed by atoms with Gasteiger partial charge >= 0.3 is 0 Å². The first-order chi connectivity index (χ1) is 6.31. The van der Waals surface area contributed by atoms with Crippen molar-refractivity contribution in [3.8, 4) is 0 Å². The average molecular weight is 183 g/mol. The van der Waals surface area contributed by atoms with Gasteiger partial charge in [-0.1, -0.05) is 0 Å². The van der Waals surface area contributed by atoms with Crippen LogP contribution in [0.15, 0.2) is 4.42 Å². The summed E-state index contributed by atoms with van der Waals surface area (Å²) < 4.78 is 10.8. The standard InChI is InChI=1S/C8H13N3O2/c1-5-10-11-8(13-5)7-6(4-9)2-3-12-7/h6-7H,2-4,9H2,1H3. The van der Waals surface area contributed by atoms with E-state index in [2.05, 4.69) is 10.2 Å². The molecule has 0 spiro atoms. The number of rotatable bonds is 2. The fourth-order valence-electron chi connectivity index (χ4n) is 1.58. The second kappa shape index (κ2) is 3.43. The molecule has 2 N–H and O–H groups in total. The number of nitrogens with zero attached hydrogens (tertiary/aromatic N) is 2. The molecular weight excluding hydrogens is 170 g/mol. The van der Waals surface area contributed by atoms with Crippen LogP contribution in [-0.4, -0.2) is 23.3 Å². The molecular formula is C8H13N3O2. The van der Waals surface area contributed by atoms with Crippen molar-refractivity contribution in [3.63, 3.8) is 0 Å². The zero-order valence-electron chi connectivity index (χ0n) is 7.56. The van der Waals surface area contributed by atoms with E-state index < -0.39 is 0 Å². The summed E-state index contributed by atoms with van der Waals surface area (Å²) in [6.45, 7) is 3.10. The molecule has 5 heteroatoms. The molecule has 0 radical (unpaired) electrons. The van der Waals surface area contributed by atoms with Crippen LogP contribution in [0.5, 0.6) is 0 Å². The molecule has 0 bridgehead atoms. The maximum Gasteiger partial charge on any atom is 0.245 e. The average Bonchev–Trinajstić information content (AvgIpc) is 2.71. The van der Waals surface area contributed by atoms with Gasteiger partial charge in [-0.2, -0.15) is 0 Å². The predicted octanol–water partition coefficient (Wildman–Crippen LogP) is 0.414. The molecule has 5 nitrogen and oxygen atoms in total. The molecule has 1 aliphatic heterocycles. The van der Waals surface area contributed by atoms with Gasteiger partial charge in [0.15, 0.2) is 0 Å². The molecule has 0 aliphatic carbocycles. The molecule has 1 fully saturated rings. The van der Waals surface area contributed by atoms with Gasteiger partial charge in [0.1, 0.15) is 6.10 Å². The van der Waals surface area contributed by atoms with Crippen LogP contribution in [-0.2, 0) is 4.74 Å². The summed E-state index contributed by atoms with van der Waals surface area (Å²) in [5.41, 5.74) is 5.60. The quantitative estimate of drug-likeness (QED) is 0.719. The summed E-state index contributed by atoms with van der Waals surface area (Å²) in [5.74, 6) is 1.45. The van der Waals surface area contributed by atoms with Crippen LogP contribution in [0.1, 0.15) is 24.3 Å². The molecule has 2 unspecified atom stereocenters. The van der Waals surface area contributed by atoms with Gasteiger partial charge in [0.05, 0.1) is 0 Å². The summed E-state index contributed by atoms with van der Waals surface area (Å²) in [5, 5.41) is 7.69. The monoisotopic (exact) mass is 183 g/mol. The molecule has 2 atom stereocenters. The highest BCUT2D eigenvalue weighted by Gasteiger charge is 2.32. The fourth-order valence-corrected chi connectivity index (χ4v) is 1.58. The van der Waals surface area contributed by atoms with Gasteiger partial charge in [0.25, 0.3) is 0 Å². The molecule has 1 aromatic rings. The number of ether oxygens (including phenoxy) is 1. The summed E-state index contributed by atoms with van der Waals surface area (Å²) in [7, 11) is 0. The number of aryl methyl sites for hydroxylation is 1. The highest BCUT2D eigenvalue weighted by Crippen LogP contribution is 2.32. The third-order valence-corrected chi connectivity index (χ3v) is 2.30. The summed E-state index contributed by atoms with van der Waals surface area (Å²) >= 11 is 0. The lowest BCUT2D eigenvalue weighted by Gasteiger charge is -2.11. The van der Waals surface area contributed by atoms with E-state index in [0.29, 0.717) is 24.2 Å².